The number of carbonyl (C=O) groups is 1. The summed E-state index contributed by atoms with van der Waals surface area (Å²) in [4.78, 5) is 17.9. The number of aromatic nitrogens is 1. The van der Waals surface area contributed by atoms with Crippen molar-refractivity contribution in [3.05, 3.63) is 106 Å². The lowest BCUT2D eigenvalue weighted by atomic mass is 9.92. The summed E-state index contributed by atoms with van der Waals surface area (Å²) in [5, 5.41) is 0.961. The Morgan fingerprint density at radius 1 is 0.929 bits per heavy atom. The zero-order valence-electron chi connectivity index (χ0n) is 15.4. The summed E-state index contributed by atoms with van der Waals surface area (Å²) in [5.41, 5.74) is 5.18. The highest BCUT2D eigenvalue weighted by atomic mass is 79.9. The van der Waals surface area contributed by atoms with E-state index in [0.29, 0.717) is 5.56 Å². The first-order chi connectivity index (χ1) is 13.6. The maximum absolute atomic E-state index is 13.2. The van der Waals surface area contributed by atoms with Crippen LogP contribution in [-0.2, 0) is 0 Å². The molecule has 3 heteroatoms. The molecule has 1 aromatic heterocycles. The molecule has 0 atom stereocenters. The van der Waals surface area contributed by atoms with Gasteiger partial charge in [0.1, 0.15) is 0 Å². The summed E-state index contributed by atoms with van der Waals surface area (Å²) in [6.45, 7) is 1.90. The van der Waals surface area contributed by atoms with E-state index in [4.69, 9.17) is 4.98 Å². The molecule has 3 aromatic carbocycles. The highest BCUT2D eigenvalue weighted by Crippen LogP contribution is 2.35. The number of hydrogen-bond donors (Lipinski definition) is 0. The van der Waals surface area contributed by atoms with E-state index in [1.807, 2.05) is 91.9 Å². The predicted molar refractivity (Wildman–Crippen MR) is 119 cm³/mol. The second kappa shape index (κ2) is 7.91. The van der Waals surface area contributed by atoms with E-state index in [2.05, 4.69) is 15.9 Å². The molecule has 0 radical (unpaired) electrons. The fourth-order valence-corrected chi connectivity index (χ4v) is 3.74. The van der Waals surface area contributed by atoms with E-state index in [1.165, 1.54) is 0 Å². The normalized spacial score (nSPS) is 11.2. The van der Waals surface area contributed by atoms with Gasteiger partial charge in [0.15, 0.2) is 5.78 Å². The third kappa shape index (κ3) is 3.67. The highest BCUT2D eigenvalue weighted by molar-refractivity contribution is 9.10. The molecule has 0 aliphatic heterocycles. The second-order valence-electron chi connectivity index (χ2n) is 6.58. The van der Waals surface area contributed by atoms with E-state index in [0.717, 1.165) is 37.8 Å². The molecule has 0 spiro atoms. The number of nitrogens with zero attached hydrogens (tertiary/aromatic N) is 1. The minimum Gasteiger partial charge on any atom is -0.289 e. The van der Waals surface area contributed by atoms with Gasteiger partial charge in [-0.3, -0.25) is 9.78 Å². The maximum Gasteiger partial charge on any atom is 0.188 e. The lowest BCUT2D eigenvalue weighted by molar-refractivity contribution is 0.104. The van der Waals surface area contributed by atoms with Gasteiger partial charge in [0.05, 0.1) is 11.1 Å². The number of pyridine rings is 1. The van der Waals surface area contributed by atoms with E-state index in [9.17, 15) is 4.79 Å². The summed E-state index contributed by atoms with van der Waals surface area (Å²) in [5.74, 6) is -0.0467. The maximum atomic E-state index is 13.2. The SMILES string of the molecule is Cc1nc2ccc(Br)cc2c(-c2ccccc2)c1C(=O)C=Cc1ccccc1. The Bertz CT molecular complexity index is 1180. The van der Waals surface area contributed by atoms with Crippen LogP contribution in [0.1, 0.15) is 21.6 Å². The van der Waals surface area contributed by atoms with Gasteiger partial charge in [-0.05, 0) is 42.3 Å². The third-order valence-electron chi connectivity index (χ3n) is 4.66. The Hall–Kier alpha value is -3.04. The molecule has 136 valence electrons. The standard InChI is InChI=1S/C25H18BrNO/c1-17-24(23(28)15-12-18-8-4-2-5-9-18)25(19-10-6-3-7-11-19)21-16-20(26)13-14-22(21)27-17/h2-16H,1H3. The van der Waals surface area contributed by atoms with Crippen molar-refractivity contribution in [3.63, 3.8) is 0 Å². The first-order valence-corrected chi connectivity index (χ1v) is 9.85. The van der Waals surface area contributed by atoms with Crippen molar-refractivity contribution in [2.45, 2.75) is 6.92 Å². The lowest BCUT2D eigenvalue weighted by Gasteiger charge is -2.14. The fourth-order valence-electron chi connectivity index (χ4n) is 3.38. The van der Waals surface area contributed by atoms with Crippen molar-refractivity contribution in [2.75, 3.05) is 0 Å². The van der Waals surface area contributed by atoms with Crippen LogP contribution in [0.5, 0.6) is 0 Å². The number of benzene rings is 3. The number of aryl methyl sites for hydroxylation is 1. The number of carbonyl (C=O) groups excluding carboxylic acids is 1. The molecule has 0 unspecified atom stereocenters. The molecule has 0 amide bonds. The molecule has 0 saturated carbocycles. The summed E-state index contributed by atoms with van der Waals surface area (Å²) in [7, 11) is 0. The number of halogens is 1. The van der Waals surface area contributed by atoms with Crippen LogP contribution >= 0.6 is 15.9 Å². The lowest BCUT2D eigenvalue weighted by Crippen LogP contribution is -2.05. The van der Waals surface area contributed by atoms with E-state index < -0.39 is 0 Å². The van der Waals surface area contributed by atoms with E-state index >= 15 is 0 Å². The van der Waals surface area contributed by atoms with E-state index in [1.54, 1.807) is 6.08 Å². The van der Waals surface area contributed by atoms with Gasteiger partial charge in [-0.2, -0.15) is 0 Å². The van der Waals surface area contributed by atoms with Crippen LogP contribution in [0, 0.1) is 6.92 Å². The van der Waals surface area contributed by atoms with Crippen LogP contribution < -0.4 is 0 Å². The van der Waals surface area contributed by atoms with Crippen LogP contribution in [0.25, 0.3) is 28.1 Å². The van der Waals surface area contributed by atoms with Crippen molar-refractivity contribution in [2.24, 2.45) is 0 Å². The molecule has 0 aliphatic carbocycles. The molecule has 0 N–H and O–H groups in total. The zero-order valence-corrected chi connectivity index (χ0v) is 17.0. The van der Waals surface area contributed by atoms with Crippen molar-refractivity contribution in [1.29, 1.82) is 0 Å². The molecule has 0 fully saturated rings. The smallest absolute Gasteiger partial charge is 0.188 e. The number of rotatable bonds is 4. The Kier molecular flexibility index (Phi) is 5.18. The van der Waals surface area contributed by atoms with Gasteiger partial charge >= 0.3 is 0 Å². The van der Waals surface area contributed by atoms with Crippen molar-refractivity contribution >= 4 is 38.7 Å². The Balaban J connectivity index is 1.93. The molecule has 4 rings (SSSR count). The van der Waals surface area contributed by atoms with Crippen LogP contribution in [-0.4, -0.2) is 10.8 Å². The molecule has 4 aromatic rings. The van der Waals surface area contributed by atoms with Gasteiger partial charge in [0.25, 0.3) is 0 Å². The topological polar surface area (TPSA) is 30.0 Å². The average Bonchev–Trinajstić information content (AvgIpc) is 2.73. The molecule has 0 bridgehead atoms. The summed E-state index contributed by atoms with van der Waals surface area (Å²) in [6.07, 6.45) is 3.48. The Morgan fingerprint density at radius 3 is 2.32 bits per heavy atom. The second-order valence-corrected chi connectivity index (χ2v) is 7.50. The molecular formula is C25H18BrNO. The van der Waals surface area contributed by atoms with Gasteiger partial charge in [0, 0.05) is 21.1 Å². The van der Waals surface area contributed by atoms with Crippen molar-refractivity contribution in [3.8, 4) is 11.1 Å². The van der Waals surface area contributed by atoms with Crippen LogP contribution in [0.3, 0.4) is 0 Å². The first-order valence-electron chi connectivity index (χ1n) is 9.06. The van der Waals surface area contributed by atoms with Gasteiger partial charge in [0.2, 0.25) is 0 Å². The minimum atomic E-state index is -0.0467. The van der Waals surface area contributed by atoms with E-state index in [-0.39, 0.29) is 5.78 Å². The van der Waals surface area contributed by atoms with Gasteiger partial charge in [-0.1, -0.05) is 82.7 Å². The predicted octanol–water partition coefficient (Wildman–Crippen LogP) is 6.87. The Morgan fingerprint density at radius 2 is 1.61 bits per heavy atom. The molecular weight excluding hydrogens is 410 g/mol. The molecule has 28 heavy (non-hydrogen) atoms. The summed E-state index contributed by atoms with van der Waals surface area (Å²) >= 11 is 3.55. The fraction of sp³-hybridized carbons (Fsp3) is 0.0400. The van der Waals surface area contributed by atoms with Gasteiger partial charge in [-0.25, -0.2) is 0 Å². The highest BCUT2D eigenvalue weighted by Gasteiger charge is 2.19. The van der Waals surface area contributed by atoms with Crippen molar-refractivity contribution in [1.82, 2.24) is 4.98 Å². The number of hydrogen-bond acceptors (Lipinski definition) is 2. The number of ketones is 1. The van der Waals surface area contributed by atoms with Crippen molar-refractivity contribution < 1.29 is 4.79 Å². The van der Waals surface area contributed by atoms with Crippen LogP contribution in [0.2, 0.25) is 0 Å². The van der Waals surface area contributed by atoms with Gasteiger partial charge < -0.3 is 0 Å². The quantitative estimate of drug-likeness (QED) is 0.262. The molecule has 0 aliphatic rings. The summed E-state index contributed by atoms with van der Waals surface area (Å²) < 4.78 is 0.959. The molecule has 1 heterocycles. The van der Waals surface area contributed by atoms with Crippen LogP contribution in [0.15, 0.2) is 89.4 Å². The average molecular weight is 428 g/mol. The molecule has 0 saturated heterocycles. The first kappa shape index (κ1) is 18.3. The minimum absolute atomic E-state index is 0.0467. The van der Waals surface area contributed by atoms with Crippen LogP contribution in [0.4, 0.5) is 0 Å². The molecule has 2 nitrogen and oxygen atoms in total. The number of allylic oxidation sites excluding steroid dienone is 1. The summed E-state index contributed by atoms with van der Waals surface area (Å²) in [6, 6.07) is 25.8. The zero-order chi connectivity index (χ0) is 19.5. The number of fused-ring (bicyclic) bond motifs is 1. The Labute approximate surface area is 172 Å². The third-order valence-corrected chi connectivity index (χ3v) is 5.16. The monoisotopic (exact) mass is 427 g/mol. The van der Waals surface area contributed by atoms with Gasteiger partial charge in [-0.15, -0.1) is 0 Å². The largest absolute Gasteiger partial charge is 0.289 e.